The summed E-state index contributed by atoms with van der Waals surface area (Å²) in [6.07, 6.45) is 3.29. The Morgan fingerprint density at radius 1 is 1.09 bits per heavy atom. The number of anilines is 1. The van der Waals surface area contributed by atoms with E-state index in [1.54, 1.807) is 0 Å². The Labute approximate surface area is 204 Å². The third-order valence-electron chi connectivity index (χ3n) is 6.17. The van der Waals surface area contributed by atoms with Crippen molar-refractivity contribution >= 4 is 22.8 Å². The van der Waals surface area contributed by atoms with Crippen LogP contribution in [0.5, 0.6) is 11.5 Å². The van der Waals surface area contributed by atoms with Gasteiger partial charge in [-0.3, -0.25) is 4.79 Å². The zero-order chi connectivity index (χ0) is 24.4. The lowest BCUT2D eigenvalue weighted by molar-refractivity contribution is -0.133. The molecule has 5 rings (SSSR count). The summed E-state index contributed by atoms with van der Waals surface area (Å²) in [6.45, 7) is 1.75. The summed E-state index contributed by atoms with van der Waals surface area (Å²) in [5.41, 5.74) is 8.60. The molecule has 0 spiro atoms. The molecule has 1 aliphatic rings. The van der Waals surface area contributed by atoms with Crippen molar-refractivity contribution in [3.8, 4) is 22.8 Å². The van der Waals surface area contributed by atoms with Gasteiger partial charge in [-0.25, -0.2) is 14.6 Å². The summed E-state index contributed by atoms with van der Waals surface area (Å²) in [6, 6.07) is 17.4. The molecule has 0 saturated carbocycles. The second-order valence-corrected chi connectivity index (χ2v) is 9.06. The maximum atomic E-state index is 12.7. The van der Waals surface area contributed by atoms with Gasteiger partial charge in [0.25, 0.3) is 0 Å². The highest BCUT2D eigenvalue weighted by Crippen LogP contribution is 2.34. The van der Waals surface area contributed by atoms with Crippen LogP contribution >= 0.6 is 0 Å². The Balaban J connectivity index is 1.46. The first-order valence-corrected chi connectivity index (χ1v) is 11.7. The number of nitrogens with two attached hydrogens (primary N) is 1. The van der Waals surface area contributed by atoms with Gasteiger partial charge in [-0.2, -0.15) is 5.10 Å². The van der Waals surface area contributed by atoms with Gasteiger partial charge < -0.3 is 20.3 Å². The van der Waals surface area contributed by atoms with E-state index < -0.39 is 0 Å². The van der Waals surface area contributed by atoms with Crippen molar-refractivity contribution < 1.29 is 9.53 Å². The van der Waals surface area contributed by atoms with E-state index in [-0.39, 0.29) is 11.9 Å². The number of rotatable bonds is 6. The fraction of sp³-hybridized carbons (Fsp3) is 0.308. The number of ether oxygens (including phenoxy) is 1. The Bertz CT molecular complexity index is 1320. The molecule has 1 unspecified atom stereocenters. The van der Waals surface area contributed by atoms with Crippen LogP contribution in [0.2, 0.25) is 0 Å². The van der Waals surface area contributed by atoms with Crippen LogP contribution in [0, 0.1) is 0 Å². The number of carbonyl (C=O) groups is 1. The average Bonchev–Trinajstić information content (AvgIpc) is 3.26. The summed E-state index contributed by atoms with van der Waals surface area (Å²) in [5, 5.41) is 5.68. The lowest BCUT2D eigenvalue weighted by Gasteiger charge is -2.33. The number of hydrogen-bond acceptors (Lipinski definition) is 7. The molecule has 2 aromatic heterocycles. The molecule has 1 saturated heterocycles. The molecule has 0 aliphatic carbocycles. The van der Waals surface area contributed by atoms with Crippen molar-refractivity contribution in [2.45, 2.75) is 18.9 Å². The highest BCUT2D eigenvalue weighted by molar-refractivity contribution is 5.98. The molecular weight excluding hydrogens is 442 g/mol. The van der Waals surface area contributed by atoms with Crippen molar-refractivity contribution in [1.82, 2.24) is 29.5 Å². The maximum absolute atomic E-state index is 12.7. The van der Waals surface area contributed by atoms with Crippen LogP contribution in [-0.4, -0.2) is 69.2 Å². The molecule has 2 aromatic carbocycles. The second kappa shape index (κ2) is 9.71. The Morgan fingerprint density at radius 2 is 1.83 bits per heavy atom. The van der Waals surface area contributed by atoms with Gasteiger partial charge in [-0.05, 0) is 63.3 Å². The van der Waals surface area contributed by atoms with Crippen molar-refractivity contribution in [2.24, 2.45) is 0 Å². The summed E-state index contributed by atoms with van der Waals surface area (Å²) < 4.78 is 7.85. The third kappa shape index (κ3) is 4.81. The van der Waals surface area contributed by atoms with E-state index >= 15 is 0 Å². The first-order valence-electron chi connectivity index (χ1n) is 11.7. The number of likely N-dealkylation sites (N-methyl/N-ethyl adjacent to an activating group) is 1. The summed E-state index contributed by atoms with van der Waals surface area (Å²) in [5.74, 6) is 2.02. The molecule has 1 amide bonds. The van der Waals surface area contributed by atoms with E-state index in [0.29, 0.717) is 24.6 Å². The molecule has 4 aromatic rings. The van der Waals surface area contributed by atoms with Gasteiger partial charge in [-0.1, -0.05) is 18.2 Å². The SMILES string of the molecule is CN(C)CC(=O)N1CCCC(n2nc(-c3ccc(Oc4ccccc4)cc3)c3c(N)ncnc32)C1. The molecule has 1 atom stereocenters. The quantitative estimate of drug-likeness (QED) is 0.458. The first kappa shape index (κ1) is 22.8. The zero-order valence-electron chi connectivity index (χ0n) is 20.0. The number of piperidine rings is 1. The van der Waals surface area contributed by atoms with E-state index in [0.717, 1.165) is 47.5 Å². The summed E-state index contributed by atoms with van der Waals surface area (Å²) in [4.78, 5) is 25.3. The molecule has 0 bridgehead atoms. The fourth-order valence-electron chi connectivity index (χ4n) is 4.51. The molecule has 1 aliphatic heterocycles. The number of amides is 1. The minimum Gasteiger partial charge on any atom is -0.457 e. The van der Waals surface area contributed by atoms with Crippen molar-refractivity contribution in [2.75, 3.05) is 39.5 Å². The Kier molecular flexibility index (Phi) is 6.33. The number of likely N-dealkylation sites (tertiary alicyclic amines) is 1. The monoisotopic (exact) mass is 471 g/mol. The highest BCUT2D eigenvalue weighted by Gasteiger charge is 2.28. The second-order valence-electron chi connectivity index (χ2n) is 9.06. The highest BCUT2D eigenvalue weighted by atomic mass is 16.5. The number of carbonyl (C=O) groups excluding carboxylic acids is 1. The van der Waals surface area contributed by atoms with Crippen LogP contribution in [0.1, 0.15) is 18.9 Å². The predicted octanol–water partition coefficient (Wildman–Crippen LogP) is 3.59. The topological polar surface area (TPSA) is 102 Å². The van der Waals surface area contributed by atoms with Crippen molar-refractivity contribution in [3.63, 3.8) is 0 Å². The van der Waals surface area contributed by atoms with Gasteiger partial charge in [0.1, 0.15) is 29.3 Å². The number of para-hydroxylation sites is 1. The van der Waals surface area contributed by atoms with Gasteiger partial charge in [0.05, 0.1) is 18.0 Å². The molecule has 35 heavy (non-hydrogen) atoms. The summed E-state index contributed by atoms with van der Waals surface area (Å²) in [7, 11) is 3.81. The molecule has 1 fully saturated rings. The van der Waals surface area contributed by atoms with E-state index in [2.05, 4.69) is 9.97 Å². The average molecular weight is 472 g/mol. The molecular formula is C26H29N7O2. The maximum Gasteiger partial charge on any atom is 0.236 e. The number of nitrogens with zero attached hydrogens (tertiary/aromatic N) is 6. The summed E-state index contributed by atoms with van der Waals surface area (Å²) >= 11 is 0. The number of hydrogen-bond donors (Lipinski definition) is 1. The van der Waals surface area contributed by atoms with E-state index in [1.165, 1.54) is 6.33 Å². The van der Waals surface area contributed by atoms with Crippen molar-refractivity contribution in [1.29, 1.82) is 0 Å². The van der Waals surface area contributed by atoms with E-state index in [9.17, 15) is 4.79 Å². The van der Waals surface area contributed by atoms with Crippen LogP contribution in [0.4, 0.5) is 5.82 Å². The molecule has 0 radical (unpaired) electrons. The zero-order valence-corrected chi connectivity index (χ0v) is 20.0. The standard InChI is InChI=1S/C26H29N7O2/c1-31(2)16-22(34)32-14-6-7-19(15-32)33-26-23(25(27)28-17-29-26)24(30-33)18-10-12-21(13-11-18)35-20-8-4-3-5-9-20/h3-5,8-13,17,19H,6-7,14-16H2,1-2H3,(H2,27,28,29). The van der Waals surface area contributed by atoms with E-state index in [1.807, 2.05) is 83.2 Å². The fourth-order valence-corrected chi connectivity index (χ4v) is 4.51. The van der Waals surface area contributed by atoms with Crippen LogP contribution in [0.3, 0.4) is 0 Å². The van der Waals surface area contributed by atoms with Crippen LogP contribution in [-0.2, 0) is 4.79 Å². The van der Waals surface area contributed by atoms with E-state index in [4.69, 9.17) is 15.6 Å². The van der Waals surface area contributed by atoms with Gasteiger partial charge in [0, 0.05) is 18.7 Å². The molecule has 9 heteroatoms. The molecule has 9 nitrogen and oxygen atoms in total. The number of nitrogen functional groups attached to an aromatic ring is 1. The first-order chi connectivity index (χ1) is 17.0. The predicted molar refractivity (Wildman–Crippen MR) is 135 cm³/mol. The smallest absolute Gasteiger partial charge is 0.236 e. The van der Waals surface area contributed by atoms with Crippen LogP contribution in [0.15, 0.2) is 60.9 Å². The minimum absolute atomic E-state index is 0.0149. The minimum atomic E-state index is 0.0149. The lowest BCUT2D eigenvalue weighted by atomic mass is 10.1. The Hall–Kier alpha value is -3.98. The van der Waals surface area contributed by atoms with Crippen LogP contribution in [0.25, 0.3) is 22.3 Å². The van der Waals surface area contributed by atoms with Crippen molar-refractivity contribution in [3.05, 3.63) is 60.9 Å². The Morgan fingerprint density at radius 3 is 2.57 bits per heavy atom. The van der Waals surface area contributed by atoms with Crippen LogP contribution < -0.4 is 10.5 Å². The molecule has 2 N–H and O–H groups in total. The van der Waals surface area contributed by atoms with Gasteiger partial charge in [0.15, 0.2) is 5.65 Å². The van der Waals surface area contributed by atoms with Gasteiger partial charge in [-0.15, -0.1) is 0 Å². The molecule has 3 heterocycles. The normalized spacial score (nSPS) is 16.1. The lowest BCUT2D eigenvalue weighted by Crippen LogP contribution is -2.44. The largest absolute Gasteiger partial charge is 0.457 e. The van der Waals surface area contributed by atoms with Gasteiger partial charge in [0.2, 0.25) is 5.91 Å². The number of aromatic nitrogens is 4. The third-order valence-corrected chi connectivity index (χ3v) is 6.17. The van der Waals surface area contributed by atoms with Gasteiger partial charge >= 0.3 is 0 Å². The molecule has 180 valence electrons. The number of benzene rings is 2. The number of fused-ring (bicyclic) bond motifs is 1.